The van der Waals surface area contributed by atoms with Gasteiger partial charge in [-0.3, -0.25) is 0 Å². The van der Waals surface area contributed by atoms with Crippen LogP contribution in [0.5, 0.6) is 5.75 Å². The van der Waals surface area contributed by atoms with Crippen LogP contribution in [0.4, 0.5) is 4.79 Å². The summed E-state index contributed by atoms with van der Waals surface area (Å²) in [5.41, 5.74) is 2.07. The van der Waals surface area contributed by atoms with E-state index in [-0.39, 0.29) is 12.1 Å². The number of para-hydroxylation sites is 1. The summed E-state index contributed by atoms with van der Waals surface area (Å²) >= 11 is 0. The topological polar surface area (TPSA) is 41.6 Å². The summed E-state index contributed by atoms with van der Waals surface area (Å²) in [6.07, 6.45) is 0. The van der Waals surface area contributed by atoms with E-state index in [1.54, 1.807) is 4.90 Å². The summed E-state index contributed by atoms with van der Waals surface area (Å²) in [6.45, 7) is 0.969. The Morgan fingerprint density at radius 2 is 1.81 bits per heavy atom. The average molecular weight is 282 g/mol. The molecule has 0 saturated carbocycles. The van der Waals surface area contributed by atoms with Gasteiger partial charge in [0.05, 0.1) is 12.6 Å². The van der Waals surface area contributed by atoms with Gasteiger partial charge in [-0.05, 0) is 11.6 Å². The molecule has 0 aliphatic carbocycles. The van der Waals surface area contributed by atoms with Crippen LogP contribution in [0.25, 0.3) is 0 Å². The van der Waals surface area contributed by atoms with E-state index in [0.29, 0.717) is 13.2 Å². The normalized spacial score (nSPS) is 18.6. The lowest BCUT2D eigenvalue weighted by Crippen LogP contribution is -2.40. The predicted octanol–water partition coefficient (Wildman–Crippen LogP) is 2.81. The van der Waals surface area contributed by atoms with E-state index in [1.807, 2.05) is 61.6 Å². The van der Waals surface area contributed by atoms with Gasteiger partial charge in [0.15, 0.2) is 0 Å². The Balaban J connectivity index is 2.13. The smallest absolute Gasteiger partial charge is 0.318 e. The number of fused-ring (bicyclic) bond motifs is 1. The average Bonchev–Trinajstić information content (AvgIpc) is 2.58. The molecular weight excluding hydrogens is 264 g/mol. The molecule has 1 aliphatic rings. The van der Waals surface area contributed by atoms with E-state index >= 15 is 0 Å². The van der Waals surface area contributed by atoms with Crippen molar-refractivity contribution in [2.45, 2.75) is 6.04 Å². The quantitative estimate of drug-likeness (QED) is 0.874. The molecule has 1 unspecified atom stereocenters. The number of nitrogens with zero attached hydrogens (tertiary/aromatic N) is 1. The van der Waals surface area contributed by atoms with Crippen molar-refractivity contribution in [2.75, 3.05) is 20.2 Å². The maximum Gasteiger partial charge on any atom is 0.318 e. The molecule has 1 atom stereocenters. The largest absolute Gasteiger partial charge is 0.491 e. The van der Waals surface area contributed by atoms with Gasteiger partial charge in [-0.25, -0.2) is 4.79 Å². The van der Waals surface area contributed by atoms with Crippen molar-refractivity contribution in [1.29, 1.82) is 0 Å². The number of rotatable bonds is 1. The van der Waals surface area contributed by atoms with Crippen LogP contribution in [0, 0.1) is 0 Å². The minimum Gasteiger partial charge on any atom is -0.491 e. The summed E-state index contributed by atoms with van der Waals surface area (Å²) in [4.78, 5) is 14.0. The number of carbonyl (C=O) groups is 1. The number of amides is 2. The number of hydrogen-bond donors (Lipinski definition) is 1. The number of hydrogen-bond acceptors (Lipinski definition) is 2. The van der Waals surface area contributed by atoms with Crippen LogP contribution in [0.3, 0.4) is 0 Å². The zero-order valence-corrected chi connectivity index (χ0v) is 12.0. The van der Waals surface area contributed by atoms with Gasteiger partial charge >= 0.3 is 6.03 Å². The second kappa shape index (κ2) is 5.87. The predicted molar refractivity (Wildman–Crippen MR) is 81.4 cm³/mol. The van der Waals surface area contributed by atoms with E-state index < -0.39 is 0 Å². The summed E-state index contributed by atoms with van der Waals surface area (Å²) in [5, 5.41) is 2.87. The van der Waals surface area contributed by atoms with Crippen molar-refractivity contribution in [3.8, 4) is 5.75 Å². The zero-order valence-electron chi connectivity index (χ0n) is 12.0. The van der Waals surface area contributed by atoms with E-state index in [4.69, 9.17) is 4.74 Å². The van der Waals surface area contributed by atoms with Crippen molar-refractivity contribution in [3.63, 3.8) is 0 Å². The third-order valence-corrected chi connectivity index (χ3v) is 3.67. The van der Waals surface area contributed by atoms with Crippen molar-refractivity contribution in [3.05, 3.63) is 65.7 Å². The molecule has 0 saturated heterocycles. The molecule has 1 aliphatic heterocycles. The molecule has 3 rings (SSSR count). The van der Waals surface area contributed by atoms with Gasteiger partial charge in [-0.2, -0.15) is 0 Å². The molecule has 0 fully saturated rings. The van der Waals surface area contributed by atoms with Crippen LogP contribution in [0.1, 0.15) is 17.2 Å². The fraction of sp³-hybridized carbons (Fsp3) is 0.235. The Hall–Kier alpha value is -2.49. The lowest BCUT2D eigenvalue weighted by Gasteiger charge is -2.29. The first-order valence-corrected chi connectivity index (χ1v) is 7.04. The highest BCUT2D eigenvalue weighted by atomic mass is 16.5. The fourth-order valence-corrected chi connectivity index (χ4v) is 2.65. The van der Waals surface area contributed by atoms with Crippen LogP contribution in [0.2, 0.25) is 0 Å². The van der Waals surface area contributed by atoms with Gasteiger partial charge in [0.25, 0.3) is 0 Å². The second-order valence-corrected chi connectivity index (χ2v) is 5.04. The zero-order chi connectivity index (χ0) is 14.7. The van der Waals surface area contributed by atoms with Crippen molar-refractivity contribution >= 4 is 6.03 Å². The number of nitrogens with one attached hydrogen (secondary N) is 1. The third kappa shape index (κ3) is 2.70. The van der Waals surface area contributed by atoms with Gasteiger partial charge in [0.1, 0.15) is 12.4 Å². The highest BCUT2D eigenvalue weighted by molar-refractivity contribution is 5.75. The number of carbonyl (C=O) groups excluding carboxylic acids is 1. The Kier molecular flexibility index (Phi) is 3.77. The SMILES string of the molecule is CN1C(=O)NCCOc2ccccc2C1c1ccccc1. The summed E-state index contributed by atoms with van der Waals surface area (Å²) in [6, 6.07) is 17.6. The Bertz CT molecular complexity index is 628. The molecular formula is C17H18N2O2. The van der Waals surface area contributed by atoms with Crippen LogP contribution < -0.4 is 10.1 Å². The van der Waals surface area contributed by atoms with E-state index in [1.165, 1.54) is 0 Å². The molecule has 108 valence electrons. The van der Waals surface area contributed by atoms with Crippen LogP contribution in [0.15, 0.2) is 54.6 Å². The van der Waals surface area contributed by atoms with Gasteiger partial charge < -0.3 is 15.0 Å². The molecule has 1 heterocycles. The van der Waals surface area contributed by atoms with E-state index in [9.17, 15) is 4.79 Å². The first kappa shape index (κ1) is 13.5. The molecule has 4 heteroatoms. The van der Waals surface area contributed by atoms with Crippen molar-refractivity contribution < 1.29 is 9.53 Å². The fourth-order valence-electron chi connectivity index (χ4n) is 2.65. The summed E-state index contributed by atoms with van der Waals surface area (Å²) in [5.74, 6) is 0.828. The number of ether oxygens (including phenoxy) is 1. The van der Waals surface area contributed by atoms with Crippen LogP contribution in [-0.4, -0.2) is 31.1 Å². The Labute approximate surface area is 124 Å². The summed E-state index contributed by atoms with van der Waals surface area (Å²) in [7, 11) is 1.81. The van der Waals surface area contributed by atoms with E-state index in [0.717, 1.165) is 16.9 Å². The lowest BCUT2D eigenvalue weighted by molar-refractivity contribution is 0.198. The van der Waals surface area contributed by atoms with Gasteiger partial charge in [-0.15, -0.1) is 0 Å². The highest BCUT2D eigenvalue weighted by Gasteiger charge is 2.27. The van der Waals surface area contributed by atoms with Crippen molar-refractivity contribution in [2.24, 2.45) is 0 Å². The highest BCUT2D eigenvalue weighted by Crippen LogP contribution is 2.34. The molecule has 21 heavy (non-hydrogen) atoms. The standard InChI is InChI=1S/C17H18N2O2/c1-19-16(13-7-3-2-4-8-13)14-9-5-6-10-15(14)21-12-11-18-17(19)20/h2-10,16H,11-12H2,1H3,(H,18,20). The maximum absolute atomic E-state index is 12.3. The first-order chi connectivity index (χ1) is 10.3. The van der Waals surface area contributed by atoms with Gasteiger partial charge in [0.2, 0.25) is 0 Å². The first-order valence-electron chi connectivity index (χ1n) is 7.04. The molecule has 2 aromatic rings. The lowest BCUT2D eigenvalue weighted by atomic mass is 9.97. The molecule has 4 nitrogen and oxygen atoms in total. The van der Waals surface area contributed by atoms with Gasteiger partial charge in [-0.1, -0.05) is 48.5 Å². The third-order valence-electron chi connectivity index (χ3n) is 3.67. The minimum atomic E-state index is -0.166. The molecule has 1 N–H and O–H groups in total. The minimum absolute atomic E-state index is 0.0934. The molecule has 0 spiro atoms. The monoisotopic (exact) mass is 282 g/mol. The van der Waals surface area contributed by atoms with Crippen LogP contribution in [-0.2, 0) is 0 Å². The molecule has 2 aromatic carbocycles. The molecule has 0 bridgehead atoms. The number of benzene rings is 2. The summed E-state index contributed by atoms with van der Waals surface area (Å²) < 4.78 is 5.82. The number of urea groups is 1. The van der Waals surface area contributed by atoms with Crippen molar-refractivity contribution in [1.82, 2.24) is 10.2 Å². The molecule has 0 radical (unpaired) electrons. The molecule has 2 amide bonds. The van der Waals surface area contributed by atoms with Gasteiger partial charge in [0, 0.05) is 12.6 Å². The Morgan fingerprint density at radius 3 is 2.62 bits per heavy atom. The molecule has 0 aromatic heterocycles. The van der Waals surface area contributed by atoms with E-state index in [2.05, 4.69) is 5.32 Å². The second-order valence-electron chi connectivity index (χ2n) is 5.04. The maximum atomic E-state index is 12.3. The Morgan fingerprint density at radius 1 is 1.10 bits per heavy atom. The van der Waals surface area contributed by atoms with Crippen LogP contribution >= 0.6 is 0 Å².